The zero-order valence-corrected chi connectivity index (χ0v) is 14.5. The standard InChI is InChI=1S/C20H24F2O2/c1-14(2)23-19(20(21,22)24-15(3)4)18-12-10-17(11-13-18)16-8-6-5-7-9-16/h5-15,19H,1-4H3. The smallest absolute Gasteiger partial charge is 0.362 e. The Morgan fingerprint density at radius 1 is 0.750 bits per heavy atom. The number of hydrogen-bond acceptors (Lipinski definition) is 2. The van der Waals surface area contributed by atoms with Gasteiger partial charge < -0.3 is 9.47 Å². The summed E-state index contributed by atoms with van der Waals surface area (Å²) in [6.45, 7) is 6.63. The van der Waals surface area contributed by atoms with Crippen molar-refractivity contribution in [3.8, 4) is 11.1 Å². The molecule has 0 aliphatic carbocycles. The molecular formula is C20H24F2O2. The van der Waals surface area contributed by atoms with E-state index in [1.807, 2.05) is 42.5 Å². The molecule has 0 amide bonds. The van der Waals surface area contributed by atoms with Crippen LogP contribution in [0, 0.1) is 0 Å². The average molecular weight is 334 g/mol. The third kappa shape index (κ3) is 4.86. The molecule has 0 bridgehead atoms. The van der Waals surface area contributed by atoms with E-state index in [4.69, 9.17) is 9.47 Å². The molecule has 2 aromatic carbocycles. The Hall–Kier alpha value is -1.78. The second-order valence-corrected chi connectivity index (χ2v) is 6.28. The molecule has 0 radical (unpaired) electrons. The number of rotatable bonds is 7. The molecule has 1 atom stereocenters. The predicted octanol–water partition coefficient (Wildman–Crippen LogP) is 5.84. The van der Waals surface area contributed by atoms with Crippen molar-refractivity contribution in [3.05, 3.63) is 60.2 Å². The Bertz CT molecular complexity index is 622. The molecule has 0 N–H and O–H groups in total. The summed E-state index contributed by atoms with van der Waals surface area (Å²) in [6, 6.07) is 16.8. The molecule has 0 spiro atoms. The Labute approximate surface area is 142 Å². The quantitative estimate of drug-likeness (QED) is 0.633. The van der Waals surface area contributed by atoms with Gasteiger partial charge in [0.1, 0.15) is 0 Å². The van der Waals surface area contributed by atoms with Gasteiger partial charge in [0, 0.05) is 0 Å². The third-order valence-electron chi connectivity index (χ3n) is 3.43. The lowest BCUT2D eigenvalue weighted by molar-refractivity contribution is -0.319. The maximum Gasteiger partial charge on any atom is 0.386 e. The lowest BCUT2D eigenvalue weighted by atomic mass is 10.0. The van der Waals surface area contributed by atoms with E-state index in [9.17, 15) is 8.78 Å². The van der Waals surface area contributed by atoms with Crippen molar-refractivity contribution in [3.63, 3.8) is 0 Å². The van der Waals surface area contributed by atoms with Crippen LogP contribution < -0.4 is 0 Å². The van der Waals surface area contributed by atoms with E-state index >= 15 is 0 Å². The molecule has 0 aromatic heterocycles. The second-order valence-electron chi connectivity index (χ2n) is 6.28. The van der Waals surface area contributed by atoms with Crippen LogP contribution in [0.1, 0.15) is 39.4 Å². The van der Waals surface area contributed by atoms with Gasteiger partial charge in [-0.1, -0.05) is 54.6 Å². The minimum absolute atomic E-state index is 0.342. The molecule has 4 heteroatoms. The van der Waals surface area contributed by atoms with E-state index in [-0.39, 0.29) is 6.10 Å². The van der Waals surface area contributed by atoms with Gasteiger partial charge in [0.05, 0.1) is 12.2 Å². The highest BCUT2D eigenvalue weighted by molar-refractivity contribution is 5.63. The maximum absolute atomic E-state index is 14.5. The van der Waals surface area contributed by atoms with Crippen LogP contribution in [0.4, 0.5) is 8.78 Å². The largest absolute Gasteiger partial charge is 0.386 e. The van der Waals surface area contributed by atoms with Crippen LogP contribution in [0.25, 0.3) is 11.1 Å². The van der Waals surface area contributed by atoms with Crippen LogP contribution in [0.2, 0.25) is 0 Å². The molecule has 2 nitrogen and oxygen atoms in total. The van der Waals surface area contributed by atoms with E-state index in [1.54, 1.807) is 39.8 Å². The first-order chi connectivity index (χ1) is 11.3. The molecule has 0 aliphatic heterocycles. The van der Waals surface area contributed by atoms with E-state index in [0.29, 0.717) is 5.56 Å². The summed E-state index contributed by atoms with van der Waals surface area (Å²) in [4.78, 5) is 0. The average Bonchev–Trinajstić information content (AvgIpc) is 2.52. The summed E-state index contributed by atoms with van der Waals surface area (Å²) in [5.41, 5.74) is 2.40. The van der Waals surface area contributed by atoms with Crippen molar-refractivity contribution >= 4 is 0 Å². The monoisotopic (exact) mass is 334 g/mol. The zero-order chi connectivity index (χ0) is 17.7. The SMILES string of the molecule is CC(C)OC(c1ccc(-c2ccccc2)cc1)C(F)(F)OC(C)C. The molecule has 0 saturated carbocycles. The van der Waals surface area contributed by atoms with Gasteiger partial charge in [-0.25, -0.2) is 0 Å². The van der Waals surface area contributed by atoms with Crippen LogP contribution in [0.3, 0.4) is 0 Å². The van der Waals surface area contributed by atoms with Crippen molar-refractivity contribution in [2.75, 3.05) is 0 Å². The van der Waals surface area contributed by atoms with Gasteiger partial charge in [-0.2, -0.15) is 8.78 Å². The zero-order valence-electron chi connectivity index (χ0n) is 14.5. The topological polar surface area (TPSA) is 18.5 Å². The highest BCUT2D eigenvalue weighted by atomic mass is 19.3. The Morgan fingerprint density at radius 2 is 1.29 bits per heavy atom. The number of alkyl halides is 2. The van der Waals surface area contributed by atoms with Gasteiger partial charge in [0.2, 0.25) is 0 Å². The van der Waals surface area contributed by atoms with Crippen LogP contribution >= 0.6 is 0 Å². The Kier molecular flexibility index (Phi) is 6.08. The first-order valence-corrected chi connectivity index (χ1v) is 8.16. The van der Waals surface area contributed by atoms with Gasteiger partial charge in [-0.05, 0) is 44.4 Å². The number of ether oxygens (including phenoxy) is 2. The van der Waals surface area contributed by atoms with E-state index in [0.717, 1.165) is 11.1 Å². The lowest BCUT2D eigenvalue weighted by Gasteiger charge is -2.30. The first kappa shape index (κ1) is 18.6. The summed E-state index contributed by atoms with van der Waals surface area (Å²) < 4.78 is 39.2. The fourth-order valence-corrected chi connectivity index (χ4v) is 2.48. The van der Waals surface area contributed by atoms with Crippen molar-refractivity contribution in [2.45, 2.75) is 52.1 Å². The Morgan fingerprint density at radius 3 is 1.79 bits per heavy atom. The summed E-state index contributed by atoms with van der Waals surface area (Å²) in [5.74, 6) is 0. The molecule has 1 unspecified atom stereocenters. The van der Waals surface area contributed by atoms with Crippen LogP contribution in [-0.2, 0) is 9.47 Å². The minimum atomic E-state index is -3.40. The van der Waals surface area contributed by atoms with Crippen molar-refractivity contribution in [1.29, 1.82) is 0 Å². The van der Waals surface area contributed by atoms with Crippen molar-refractivity contribution in [1.82, 2.24) is 0 Å². The van der Waals surface area contributed by atoms with Gasteiger partial charge in [0.15, 0.2) is 6.10 Å². The lowest BCUT2D eigenvalue weighted by Crippen LogP contribution is -2.35. The van der Waals surface area contributed by atoms with Gasteiger partial charge >= 0.3 is 6.11 Å². The molecule has 130 valence electrons. The van der Waals surface area contributed by atoms with Crippen molar-refractivity contribution in [2.24, 2.45) is 0 Å². The summed E-state index contributed by atoms with van der Waals surface area (Å²) in [5, 5.41) is 0. The molecule has 0 saturated heterocycles. The van der Waals surface area contributed by atoms with Crippen LogP contribution in [0.5, 0.6) is 0 Å². The van der Waals surface area contributed by atoms with Gasteiger partial charge in [-0.15, -0.1) is 0 Å². The maximum atomic E-state index is 14.5. The predicted molar refractivity (Wildman–Crippen MR) is 92.0 cm³/mol. The van der Waals surface area contributed by atoms with Gasteiger partial charge in [-0.3, -0.25) is 0 Å². The highest BCUT2D eigenvalue weighted by Crippen LogP contribution is 2.38. The summed E-state index contributed by atoms with van der Waals surface area (Å²) in [6.07, 6.45) is -5.77. The summed E-state index contributed by atoms with van der Waals surface area (Å²) in [7, 11) is 0. The van der Waals surface area contributed by atoms with E-state index in [2.05, 4.69) is 0 Å². The summed E-state index contributed by atoms with van der Waals surface area (Å²) >= 11 is 0. The third-order valence-corrected chi connectivity index (χ3v) is 3.43. The number of hydrogen-bond donors (Lipinski definition) is 0. The van der Waals surface area contributed by atoms with Crippen LogP contribution in [0.15, 0.2) is 54.6 Å². The molecule has 0 fully saturated rings. The van der Waals surface area contributed by atoms with E-state index in [1.165, 1.54) is 0 Å². The van der Waals surface area contributed by atoms with Crippen molar-refractivity contribution < 1.29 is 18.3 Å². The van der Waals surface area contributed by atoms with Crippen LogP contribution in [-0.4, -0.2) is 18.3 Å². The second kappa shape index (κ2) is 7.86. The fraction of sp³-hybridized carbons (Fsp3) is 0.400. The minimum Gasteiger partial charge on any atom is -0.362 e. The molecule has 2 aromatic rings. The number of halogens is 2. The number of benzene rings is 2. The fourth-order valence-electron chi connectivity index (χ4n) is 2.48. The molecule has 24 heavy (non-hydrogen) atoms. The molecule has 0 heterocycles. The normalized spacial score (nSPS) is 13.5. The molecular weight excluding hydrogens is 310 g/mol. The Balaban J connectivity index is 2.30. The molecule has 2 rings (SSSR count). The highest BCUT2D eigenvalue weighted by Gasteiger charge is 2.44. The molecule has 0 aliphatic rings. The van der Waals surface area contributed by atoms with E-state index < -0.39 is 18.3 Å². The van der Waals surface area contributed by atoms with Gasteiger partial charge in [0.25, 0.3) is 0 Å². The first-order valence-electron chi connectivity index (χ1n) is 8.16.